The highest BCUT2D eigenvalue weighted by Crippen LogP contribution is 2.25. The van der Waals surface area contributed by atoms with Crippen molar-refractivity contribution in [2.24, 2.45) is 0 Å². The molecule has 6 heteroatoms. The van der Waals surface area contributed by atoms with Crippen molar-refractivity contribution in [1.82, 2.24) is 19.9 Å². The number of hydrogen-bond donors (Lipinski definition) is 2. The molecule has 0 bridgehead atoms. The third kappa shape index (κ3) is 2.90. The quantitative estimate of drug-likeness (QED) is 0.674. The first-order chi connectivity index (χ1) is 7.15. The van der Waals surface area contributed by atoms with Gasteiger partial charge >= 0.3 is 0 Å². The molecule has 1 fully saturated rings. The lowest BCUT2D eigenvalue weighted by Crippen LogP contribution is -2.33. The largest absolute Gasteiger partial charge is 0.390 e. The molecule has 0 aliphatic heterocycles. The molecule has 15 heavy (non-hydrogen) atoms. The SMILES string of the molecule is CN(CC(O)Cn1ncc(N)n1)C1CC1. The maximum Gasteiger partial charge on any atom is 0.165 e. The highest BCUT2D eigenvalue weighted by atomic mass is 16.3. The van der Waals surface area contributed by atoms with Crippen LogP contribution >= 0.6 is 0 Å². The fraction of sp³-hybridized carbons (Fsp3) is 0.778. The molecule has 1 saturated carbocycles. The normalized spacial score (nSPS) is 18.3. The van der Waals surface area contributed by atoms with Crippen molar-refractivity contribution in [3.63, 3.8) is 0 Å². The van der Waals surface area contributed by atoms with Crippen molar-refractivity contribution in [2.75, 3.05) is 19.3 Å². The van der Waals surface area contributed by atoms with Gasteiger partial charge in [-0.3, -0.25) is 0 Å². The summed E-state index contributed by atoms with van der Waals surface area (Å²) in [5.74, 6) is 0.387. The molecule has 0 saturated heterocycles. The van der Waals surface area contributed by atoms with Crippen LogP contribution in [0.3, 0.4) is 0 Å². The molecule has 1 aliphatic rings. The molecule has 0 amide bonds. The Labute approximate surface area is 88.7 Å². The van der Waals surface area contributed by atoms with Gasteiger partial charge < -0.3 is 15.7 Å². The van der Waals surface area contributed by atoms with Crippen LogP contribution in [0.15, 0.2) is 6.20 Å². The highest BCUT2D eigenvalue weighted by molar-refractivity contribution is 5.19. The minimum absolute atomic E-state index is 0.387. The van der Waals surface area contributed by atoms with Gasteiger partial charge in [-0.15, -0.1) is 5.10 Å². The summed E-state index contributed by atoms with van der Waals surface area (Å²) in [5, 5.41) is 17.6. The minimum Gasteiger partial charge on any atom is -0.390 e. The summed E-state index contributed by atoms with van der Waals surface area (Å²) in [6.07, 6.45) is 3.53. The highest BCUT2D eigenvalue weighted by Gasteiger charge is 2.27. The van der Waals surface area contributed by atoms with E-state index >= 15 is 0 Å². The van der Waals surface area contributed by atoms with E-state index in [1.165, 1.54) is 23.8 Å². The number of nitrogens with two attached hydrogens (primary N) is 1. The van der Waals surface area contributed by atoms with Gasteiger partial charge in [0.2, 0.25) is 0 Å². The van der Waals surface area contributed by atoms with Gasteiger partial charge in [0.25, 0.3) is 0 Å². The second kappa shape index (κ2) is 4.16. The van der Waals surface area contributed by atoms with E-state index in [1.54, 1.807) is 0 Å². The molecule has 1 atom stereocenters. The average molecular weight is 211 g/mol. The van der Waals surface area contributed by atoms with Gasteiger partial charge in [0.1, 0.15) is 0 Å². The fourth-order valence-corrected chi connectivity index (χ4v) is 1.64. The Morgan fingerprint density at radius 1 is 1.73 bits per heavy atom. The van der Waals surface area contributed by atoms with Gasteiger partial charge in [-0.2, -0.15) is 9.90 Å². The lowest BCUT2D eigenvalue weighted by atomic mass is 10.3. The van der Waals surface area contributed by atoms with E-state index in [0.717, 1.165) is 0 Å². The molecule has 84 valence electrons. The third-order valence-electron chi connectivity index (χ3n) is 2.60. The monoisotopic (exact) mass is 211 g/mol. The maximum atomic E-state index is 9.78. The second-order valence-corrected chi connectivity index (χ2v) is 4.15. The summed E-state index contributed by atoms with van der Waals surface area (Å²) in [5.41, 5.74) is 5.43. The van der Waals surface area contributed by atoms with E-state index in [9.17, 15) is 5.11 Å². The van der Waals surface area contributed by atoms with Crippen LogP contribution in [0.2, 0.25) is 0 Å². The lowest BCUT2D eigenvalue weighted by Gasteiger charge is -2.19. The van der Waals surface area contributed by atoms with Crippen molar-refractivity contribution in [2.45, 2.75) is 31.5 Å². The van der Waals surface area contributed by atoms with Gasteiger partial charge in [0.15, 0.2) is 5.82 Å². The van der Waals surface area contributed by atoms with E-state index < -0.39 is 6.10 Å². The molecule has 1 unspecified atom stereocenters. The summed E-state index contributed by atoms with van der Waals surface area (Å²) in [6, 6.07) is 0.662. The molecule has 1 heterocycles. The van der Waals surface area contributed by atoms with Crippen molar-refractivity contribution in [3.05, 3.63) is 6.20 Å². The maximum absolute atomic E-state index is 9.78. The zero-order valence-corrected chi connectivity index (χ0v) is 8.87. The summed E-state index contributed by atoms with van der Waals surface area (Å²) in [6.45, 7) is 1.06. The topological polar surface area (TPSA) is 80.2 Å². The van der Waals surface area contributed by atoms with Crippen LogP contribution in [0, 0.1) is 0 Å². The van der Waals surface area contributed by atoms with Crippen LogP contribution in [0.4, 0.5) is 5.82 Å². The fourth-order valence-electron chi connectivity index (χ4n) is 1.64. The molecule has 0 aromatic carbocycles. The van der Waals surface area contributed by atoms with Crippen molar-refractivity contribution in [3.8, 4) is 0 Å². The Hall–Kier alpha value is -1.14. The van der Waals surface area contributed by atoms with Crippen molar-refractivity contribution in [1.29, 1.82) is 0 Å². The van der Waals surface area contributed by atoms with Crippen LogP contribution in [-0.2, 0) is 6.54 Å². The van der Waals surface area contributed by atoms with Gasteiger partial charge in [-0.05, 0) is 19.9 Å². The number of nitrogen functional groups attached to an aromatic ring is 1. The van der Waals surface area contributed by atoms with Crippen LogP contribution in [0.5, 0.6) is 0 Å². The molecular weight excluding hydrogens is 194 g/mol. The standard InChI is InChI=1S/C9H17N5O/c1-13(7-2-3-7)5-8(15)6-14-11-4-9(10)12-14/h4,7-8,15H,2-3,5-6H2,1H3,(H2,10,12). The van der Waals surface area contributed by atoms with Gasteiger partial charge in [0.05, 0.1) is 18.8 Å². The third-order valence-corrected chi connectivity index (χ3v) is 2.60. The molecule has 2 rings (SSSR count). The number of aromatic nitrogens is 3. The Morgan fingerprint density at radius 3 is 3.00 bits per heavy atom. The van der Waals surface area contributed by atoms with Gasteiger partial charge in [-0.25, -0.2) is 0 Å². The second-order valence-electron chi connectivity index (χ2n) is 4.15. The zero-order valence-electron chi connectivity index (χ0n) is 8.87. The molecule has 1 aromatic rings. The van der Waals surface area contributed by atoms with E-state index in [1.807, 2.05) is 7.05 Å². The minimum atomic E-state index is -0.442. The predicted octanol–water partition coefficient (Wildman–Crippen LogP) is -0.685. The Balaban J connectivity index is 1.78. The smallest absolute Gasteiger partial charge is 0.165 e. The number of nitrogens with zero attached hydrogens (tertiary/aromatic N) is 4. The molecule has 3 N–H and O–H groups in total. The number of rotatable bonds is 5. The van der Waals surface area contributed by atoms with Crippen molar-refractivity contribution >= 4 is 5.82 Å². The predicted molar refractivity (Wildman–Crippen MR) is 56.1 cm³/mol. The first-order valence-electron chi connectivity index (χ1n) is 5.19. The number of hydrogen-bond acceptors (Lipinski definition) is 5. The summed E-state index contributed by atoms with van der Waals surface area (Å²) < 4.78 is 0. The van der Waals surface area contributed by atoms with Crippen LogP contribution < -0.4 is 5.73 Å². The average Bonchev–Trinajstić information content (AvgIpc) is 2.92. The first-order valence-corrected chi connectivity index (χ1v) is 5.19. The van der Waals surface area contributed by atoms with E-state index in [-0.39, 0.29) is 0 Å². The molecule has 0 spiro atoms. The number of aliphatic hydroxyl groups is 1. The van der Waals surface area contributed by atoms with Gasteiger partial charge in [0, 0.05) is 12.6 Å². The van der Waals surface area contributed by atoms with Crippen LogP contribution in [0.25, 0.3) is 0 Å². The van der Waals surface area contributed by atoms with Crippen molar-refractivity contribution < 1.29 is 5.11 Å². The summed E-state index contributed by atoms with van der Waals surface area (Å²) >= 11 is 0. The molecule has 1 aliphatic carbocycles. The molecule has 0 radical (unpaired) electrons. The number of aliphatic hydroxyl groups excluding tert-OH is 1. The Bertz CT molecular complexity index is 322. The van der Waals surface area contributed by atoms with Crippen LogP contribution in [-0.4, -0.2) is 50.7 Å². The van der Waals surface area contributed by atoms with Crippen LogP contribution in [0.1, 0.15) is 12.8 Å². The van der Waals surface area contributed by atoms with Gasteiger partial charge in [-0.1, -0.05) is 0 Å². The van der Waals surface area contributed by atoms with E-state index in [0.29, 0.717) is 24.9 Å². The summed E-state index contributed by atoms with van der Waals surface area (Å²) in [4.78, 5) is 3.61. The number of anilines is 1. The van der Waals surface area contributed by atoms with E-state index in [4.69, 9.17) is 5.73 Å². The zero-order chi connectivity index (χ0) is 10.8. The first kappa shape index (κ1) is 10.4. The Kier molecular flexibility index (Phi) is 2.88. The summed E-state index contributed by atoms with van der Waals surface area (Å²) in [7, 11) is 2.03. The van der Waals surface area contributed by atoms with E-state index in [2.05, 4.69) is 15.1 Å². The number of likely N-dealkylation sites (N-methyl/N-ethyl adjacent to an activating group) is 1. The Morgan fingerprint density at radius 2 is 2.47 bits per heavy atom. The molecular formula is C9H17N5O. The molecule has 6 nitrogen and oxygen atoms in total. The molecule has 1 aromatic heterocycles. The lowest BCUT2D eigenvalue weighted by molar-refractivity contribution is 0.0992.